The molecule has 0 saturated carbocycles. The molecule has 0 aromatic heterocycles. The van der Waals surface area contributed by atoms with Crippen molar-refractivity contribution in [3.63, 3.8) is 0 Å². The molecular weight excluding hydrogens is 248 g/mol. The molecule has 1 heterocycles. The van der Waals surface area contributed by atoms with Crippen molar-refractivity contribution in [2.75, 3.05) is 13.2 Å². The van der Waals surface area contributed by atoms with E-state index >= 15 is 0 Å². The standard InChI is InChI=1S/C12H22O3.C2H4O2/c1-2-3-4-5-11-9-15-7-6-10(11)8-12(13)14;1-2(3)4/h10-11H,2-9H2,1H3,(H,13,14);1H3,(H,3,4). The predicted molar refractivity (Wildman–Crippen MR) is 72.1 cm³/mol. The molecule has 5 heteroatoms. The quantitative estimate of drug-likeness (QED) is 0.728. The fourth-order valence-corrected chi connectivity index (χ4v) is 2.31. The van der Waals surface area contributed by atoms with Crippen molar-refractivity contribution in [2.24, 2.45) is 11.8 Å². The van der Waals surface area contributed by atoms with E-state index in [2.05, 4.69) is 6.92 Å². The lowest BCUT2D eigenvalue weighted by Gasteiger charge is -2.30. The Labute approximate surface area is 115 Å². The zero-order valence-corrected chi connectivity index (χ0v) is 11.9. The van der Waals surface area contributed by atoms with E-state index < -0.39 is 11.9 Å². The van der Waals surface area contributed by atoms with Gasteiger partial charge in [0.2, 0.25) is 0 Å². The summed E-state index contributed by atoms with van der Waals surface area (Å²) < 4.78 is 5.43. The van der Waals surface area contributed by atoms with Gasteiger partial charge in [0.25, 0.3) is 5.97 Å². The van der Waals surface area contributed by atoms with Crippen molar-refractivity contribution in [1.29, 1.82) is 0 Å². The smallest absolute Gasteiger partial charge is 0.303 e. The lowest BCUT2D eigenvalue weighted by atomic mass is 9.82. The summed E-state index contributed by atoms with van der Waals surface area (Å²) >= 11 is 0. The average Bonchev–Trinajstić information content (AvgIpc) is 2.30. The number of carboxylic acids is 2. The molecule has 0 amide bonds. The minimum atomic E-state index is -0.833. The van der Waals surface area contributed by atoms with E-state index in [0.717, 1.165) is 33.0 Å². The van der Waals surface area contributed by atoms with Gasteiger partial charge in [-0.1, -0.05) is 26.2 Å². The summed E-state index contributed by atoms with van der Waals surface area (Å²) in [7, 11) is 0. The fraction of sp³-hybridized carbons (Fsp3) is 0.857. The number of hydrogen-bond acceptors (Lipinski definition) is 3. The highest BCUT2D eigenvalue weighted by molar-refractivity contribution is 5.67. The number of carboxylic acid groups (broad SMARTS) is 2. The van der Waals surface area contributed by atoms with Crippen LogP contribution in [0.15, 0.2) is 0 Å². The fourth-order valence-electron chi connectivity index (χ4n) is 2.31. The first-order valence-electron chi connectivity index (χ1n) is 6.96. The van der Waals surface area contributed by atoms with Crippen molar-refractivity contribution >= 4 is 11.9 Å². The highest BCUT2D eigenvalue weighted by atomic mass is 16.5. The van der Waals surface area contributed by atoms with Gasteiger partial charge in [-0.2, -0.15) is 0 Å². The van der Waals surface area contributed by atoms with E-state index in [1.54, 1.807) is 0 Å². The maximum Gasteiger partial charge on any atom is 0.303 e. The van der Waals surface area contributed by atoms with E-state index in [1.165, 1.54) is 19.3 Å². The van der Waals surface area contributed by atoms with Crippen LogP contribution in [0.1, 0.15) is 52.4 Å². The van der Waals surface area contributed by atoms with Crippen LogP contribution >= 0.6 is 0 Å². The van der Waals surface area contributed by atoms with Crippen LogP contribution in [0.5, 0.6) is 0 Å². The summed E-state index contributed by atoms with van der Waals surface area (Å²) in [5.41, 5.74) is 0. The molecule has 0 aliphatic carbocycles. The van der Waals surface area contributed by atoms with Crippen LogP contribution in [-0.2, 0) is 14.3 Å². The minimum Gasteiger partial charge on any atom is -0.481 e. The predicted octanol–water partition coefficient (Wildman–Crippen LogP) is 2.79. The lowest BCUT2D eigenvalue weighted by Crippen LogP contribution is -2.29. The largest absolute Gasteiger partial charge is 0.481 e. The molecule has 0 aromatic carbocycles. The minimum absolute atomic E-state index is 0.320. The topological polar surface area (TPSA) is 83.8 Å². The van der Waals surface area contributed by atoms with Gasteiger partial charge in [0.15, 0.2) is 0 Å². The van der Waals surface area contributed by atoms with Gasteiger partial charge in [0, 0.05) is 26.6 Å². The molecule has 2 N–H and O–H groups in total. The third-order valence-corrected chi connectivity index (χ3v) is 3.25. The molecular formula is C14H26O5. The van der Waals surface area contributed by atoms with Gasteiger partial charge < -0.3 is 14.9 Å². The molecule has 0 aromatic rings. The lowest BCUT2D eigenvalue weighted by molar-refractivity contribution is -0.140. The highest BCUT2D eigenvalue weighted by Crippen LogP contribution is 2.29. The van der Waals surface area contributed by atoms with E-state index in [-0.39, 0.29) is 0 Å². The maximum absolute atomic E-state index is 10.7. The Balaban J connectivity index is 0.000000711. The van der Waals surface area contributed by atoms with Crippen molar-refractivity contribution in [3.05, 3.63) is 0 Å². The molecule has 0 spiro atoms. The summed E-state index contributed by atoms with van der Waals surface area (Å²) in [6.07, 6.45) is 6.04. The number of unbranched alkanes of at least 4 members (excludes halogenated alkanes) is 2. The van der Waals surface area contributed by atoms with Crippen LogP contribution < -0.4 is 0 Å². The number of hydrogen-bond donors (Lipinski definition) is 2. The normalized spacial score (nSPS) is 22.2. The average molecular weight is 274 g/mol. The second kappa shape index (κ2) is 10.8. The third-order valence-electron chi connectivity index (χ3n) is 3.25. The van der Waals surface area contributed by atoms with Gasteiger partial charge in [-0.3, -0.25) is 9.59 Å². The number of carbonyl (C=O) groups is 2. The second-order valence-corrected chi connectivity index (χ2v) is 5.00. The van der Waals surface area contributed by atoms with Gasteiger partial charge in [-0.05, 0) is 24.7 Å². The Kier molecular flexibility index (Phi) is 10.2. The molecule has 2 atom stereocenters. The monoisotopic (exact) mass is 274 g/mol. The molecule has 0 bridgehead atoms. The third kappa shape index (κ3) is 10.5. The highest BCUT2D eigenvalue weighted by Gasteiger charge is 2.26. The van der Waals surface area contributed by atoms with Crippen molar-refractivity contribution in [2.45, 2.75) is 52.4 Å². The van der Waals surface area contributed by atoms with Crippen LogP contribution in [0.2, 0.25) is 0 Å². The Morgan fingerprint density at radius 2 is 1.84 bits per heavy atom. The van der Waals surface area contributed by atoms with Gasteiger partial charge >= 0.3 is 5.97 Å². The first-order valence-corrected chi connectivity index (χ1v) is 6.96. The zero-order valence-electron chi connectivity index (χ0n) is 11.9. The van der Waals surface area contributed by atoms with E-state index in [0.29, 0.717) is 18.3 Å². The molecule has 1 aliphatic heterocycles. The number of aliphatic carboxylic acids is 2. The second-order valence-electron chi connectivity index (χ2n) is 5.00. The SMILES string of the molecule is CC(=O)O.CCCCCC1COCCC1CC(=O)O. The van der Waals surface area contributed by atoms with Crippen LogP contribution in [0.4, 0.5) is 0 Å². The summed E-state index contributed by atoms with van der Waals surface area (Å²) in [5.74, 6) is -0.683. The summed E-state index contributed by atoms with van der Waals surface area (Å²) in [6, 6.07) is 0. The van der Waals surface area contributed by atoms with Gasteiger partial charge in [-0.15, -0.1) is 0 Å². The van der Waals surface area contributed by atoms with Crippen molar-refractivity contribution < 1.29 is 24.5 Å². The Morgan fingerprint density at radius 1 is 1.21 bits per heavy atom. The first kappa shape index (κ1) is 17.9. The molecule has 1 fully saturated rings. The summed E-state index contributed by atoms with van der Waals surface area (Å²) in [6.45, 7) is 4.77. The van der Waals surface area contributed by atoms with Gasteiger partial charge in [0.05, 0.1) is 0 Å². The maximum atomic E-state index is 10.7. The van der Waals surface area contributed by atoms with Crippen LogP contribution in [0, 0.1) is 11.8 Å². The van der Waals surface area contributed by atoms with E-state index in [9.17, 15) is 4.79 Å². The zero-order chi connectivity index (χ0) is 14.7. The Hall–Kier alpha value is -1.10. The van der Waals surface area contributed by atoms with Gasteiger partial charge in [0.1, 0.15) is 0 Å². The van der Waals surface area contributed by atoms with E-state index in [4.69, 9.17) is 19.7 Å². The summed E-state index contributed by atoms with van der Waals surface area (Å²) in [4.78, 5) is 19.7. The molecule has 2 unspecified atom stereocenters. The molecule has 0 radical (unpaired) electrons. The summed E-state index contributed by atoms with van der Waals surface area (Å²) in [5, 5.41) is 16.2. The molecule has 1 rings (SSSR count). The van der Waals surface area contributed by atoms with E-state index in [1.807, 2.05) is 0 Å². The number of ether oxygens (including phenoxy) is 1. The molecule has 19 heavy (non-hydrogen) atoms. The van der Waals surface area contributed by atoms with Gasteiger partial charge in [-0.25, -0.2) is 0 Å². The van der Waals surface area contributed by atoms with Crippen LogP contribution in [0.3, 0.4) is 0 Å². The first-order chi connectivity index (χ1) is 8.97. The number of rotatable bonds is 6. The van der Waals surface area contributed by atoms with Crippen molar-refractivity contribution in [1.82, 2.24) is 0 Å². The molecule has 1 saturated heterocycles. The molecule has 112 valence electrons. The van der Waals surface area contributed by atoms with Crippen LogP contribution in [-0.4, -0.2) is 35.4 Å². The van der Waals surface area contributed by atoms with Crippen molar-refractivity contribution in [3.8, 4) is 0 Å². The Bertz CT molecular complexity index is 261. The van der Waals surface area contributed by atoms with Crippen LogP contribution in [0.25, 0.3) is 0 Å². The molecule has 5 nitrogen and oxygen atoms in total. The molecule has 1 aliphatic rings. The Morgan fingerprint density at radius 3 is 2.37 bits per heavy atom.